The molecular formula is C28H23B. The maximum absolute atomic E-state index is 2.46. The molecule has 1 heteroatoms. The summed E-state index contributed by atoms with van der Waals surface area (Å²) < 4.78 is 0. The van der Waals surface area contributed by atoms with E-state index in [2.05, 4.69) is 98.8 Å². The van der Waals surface area contributed by atoms with Gasteiger partial charge in [0, 0.05) is 5.92 Å². The fourth-order valence-electron chi connectivity index (χ4n) is 5.40. The van der Waals surface area contributed by atoms with Crippen molar-refractivity contribution in [3.05, 3.63) is 113 Å². The molecule has 29 heavy (non-hydrogen) atoms. The second kappa shape index (κ2) is 6.22. The Kier molecular flexibility index (Phi) is 3.62. The highest BCUT2D eigenvalue weighted by atomic mass is 14.3. The lowest BCUT2D eigenvalue weighted by Gasteiger charge is -2.26. The Morgan fingerprint density at radius 1 is 0.862 bits per heavy atom. The van der Waals surface area contributed by atoms with Crippen molar-refractivity contribution in [2.75, 3.05) is 0 Å². The summed E-state index contributed by atoms with van der Waals surface area (Å²) in [7, 11) is 0. The van der Waals surface area contributed by atoms with E-state index in [0.717, 1.165) is 6.42 Å². The molecule has 3 aromatic carbocycles. The van der Waals surface area contributed by atoms with E-state index in [-0.39, 0.29) is 0 Å². The van der Waals surface area contributed by atoms with Gasteiger partial charge in [0.25, 0.3) is 0 Å². The van der Waals surface area contributed by atoms with E-state index >= 15 is 0 Å². The van der Waals surface area contributed by atoms with Crippen LogP contribution >= 0.6 is 0 Å². The standard InChI is InChI=1S/C28H23B/c1-18-8-10-20-14-25-26-15-21-11-9-19(2)13-23(21)17-28(26)29(24-6-4-3-5-7-24)27(25)16-22(20)12-18/h3-16,23H,17H2,1-2H3. The quantitative estimate of drug-likeness (QED) is 0.495. The Labute approximate surface area is 173 Å². The fraction of sp³-hybridized carbons (Fsp3) is 0.143. The van der Waals surface area contributed by atoms with Crippen molar-refractivity contribution in [2.24, 2.45) is 5.92 Å². The normalized spacial score (nSPS) is 19.7. The molecule has 1 atom stereocenters. The largest absolute Gasteiger partial charge is 0.238 e. The van der Waals surface area contributed by atoms with Gasteiger partial charge in [-0.3, -0.25) is 0 Å². The Balaban J connectivity index is 1.61. The Hall–Kier alpha value is -3.06. The highest BCUT2D eigenvalue weighted by Crippen LogP contribution is 2.42. The van der Waals surface area contributed by atoms with Gasteiger partial charge in [0.2, 0.25) is 6.71 Å². The minimum absolute atomic E-state index is 0.364. The van der Waals surface area contributed by atoms with E-state index in [0.29, 0.717) is 12.6 Å². The van der Waals surface area contributed by atoms with Gasteiger partial charge in [0.15, 0.2) is 0 Å². The lowest BCUT2D eigenvalue weighted by Crippen LogP contribution is -2.42. The molecule has 1 aliphatic heterocycles. The summed E-state index contributed by atoms with van der Waals surface area (Å²) in [6, 6.07) is 22.8. The minimum atomic E-state index is 0.364. The van der Waals surface area contributed by atoms with Gasteiger partial charge < -0.3 is 0 Å². The second-order valence-corrected chi connectivity index (χ2v) is 8.77. The molecule has 1 heterocycles. The summed E-state index contributed by atoms with van der Waals surface area (Å²) in [6.07, 6.45) is 10.6. The Morgan fingerprint density at radius 2 is 1.72 bits per heavy atom. The molecule has 0 aromatic heterocycles. The Bertz CT molecular complexity index is 1280. The monoisotopic (exact) mass is 370 g/mol. The zero-order valence-corrected chi connectivity index (χ0v) is 16.9. The van der Waals surface area contributed by atoms with Crippen molar-refractivity contribution in [2.45, 2.75) is 20.3 Å². The van der Waals surface area contributed by atoms with Crippen molar-refractivity contribution >= 4 is 34.0 Å². The van der Waals surface area contributed by atoms with Crippen LogP contribution in [-0.2, 0) is 0 Å². The SMILES string of the molecule is CC1=CC2CC3=C(C=C2C=C1)c1cc2ccc(C)cc2cc1B3c1ccccc1. The first-order valence-electron chi connectivity index (χ1n) is 10.6. The van der Waals surface area contributed by atoms with Crippen LogP contribution in [-0.4, -0.2) is 6.71 Å². The molecule has 0 amide bonds. The molecule has 0 fully saturated rings. The van der Waals surface area contributed by atoms with Crippen LogP contribution in [0.25, 0.3) is 16.3 Å². The summed E-state index contributed by atoms with van der Waals surface area (Å²) >= 11 is 0. The van der Waals surface area contributed by atoms with Crippen LogP contribution in [0, 0.1) is 12.8 Å². The topological polar surface area (TPSA) is 0 Å². The first-order valence-corrected chi connectivity index (χ1v) is 10.6. The van der Waals surface area contributed by atoms with E-state index in [1.165, 1.54) is 49.5 Å². The molecule has 3 aliphatic rings. The summed E-state index contributed by atoms with van der Waals surface area (Å²) in [4.78, 5) is 0. The molecule has 3 aromatic rings. The molecule has 0 saturated heterocycles. The van der Waals surface area contributed by atoms with Crippen molar-refractivity contribution < 1.29 is 0 Å². The second-order valence-electron chi connectivity index (χ2n) is 8.77. The van der Waals surface area contributed by atoms with E-state index in [4.69, 9.17) is 0 Å². The van der Waals surface area contributed by atoms with Crippen LogP contribution < -0.4 is 10.9 Å². The molecule has 2 aliphatic carbocycles. The molecular weight excluding hydrogens is 347 g/mol. The van der Waals surface area contributed by atoms with Gasteiger partial charge in [-0.1, -0.05) is 106 Å². The van der Waals surface area contributed by atoms with Gasteiger partial charge in [-0.15, -0.1) is 0 Å². The van der Waals surface area contributed by atoms with Crippen LogP contribution in [0.15, 0.2) is 102 Å². The van der Waals surface area contributed by atoms with E-state index in [1.54, 1.807) is 5.47 Å². The highest BCUT2D eigenvalue weighted by Gasteiger charge is 2.38. The predicted octanol–water partition coefficient (Wildman–Crippen LogP) is 5.53. The molecule has 138 valence electrons. The summed E-state index contributed by atoms with van der Waals surface area (Å²) in [6.45, 7) is 4.76. The summed E-state index contributed by atoms with van der Waals surface area (Å²) in [5.41, 5.74) is 11.5. The third-order valence-corrected chi connectivity index (χ3v) is 6.77. The fourth-order valence-corrected chi connectivity index (χ4v) is 5.40. The minimum Gasteiger partial charge on any atom is -0.0820 e. The highest BCUT2D eigenvalue weighted by molar-refractivity contribution is 6.94. The van der Waals surface area contributed by atoms with Crippen molar-refractivity contribution in [3.63, 3.8) is 0 Å². The van der Waals surface area contributed by atoms with Gasteiger partial charge in [-0.05, 0) is 53.8 Å². The number of aryl methyl sites for hydroxylation is 1. The van der Waals surface area contributed by atoms with Crippen LogP contribution in [0.1, 0.15) is 24.5 Å². The van der Waals surface area contributed by atoms with Crippen LogP contribution in [0.5, 0.6) is 0 Å². The zero-order chi connectivity index (χ0) is 19.5. The molecule has 0 radical (unpaired) electrons. The number of fused-ring (bicyclic) bond motifs is 4. The third kappa shape index (κ3) is 2.61. The number of hydrogen-bond acceptors (Lipinski definition) is 0. The molecule has 6 rings (SSSR count). The smallest absolute Gasteiger partial charge is 0.0820 e. The van der Waals surface area contributed by atoms with Crippen molar-refractivity contribution in [1.82, 2.24) is 0 Å². The molecule has 0 spiro atoms. The van der Waals surface area contributed by atoms with Gasteiger partial charge in [0.05, 0.1) is 0 Å². The Morgan fingerprint density at radius 3 is 2.59 bits per heavy atom. The molecule has 0 saturated carbocycles. The van der Waals surface area contributed by atoms with E-state index < -0.39 is 0 Å². The van der Waals surface area contributed by atoms with E-state index in [9.17, 15) is 0 Å². The van der Waals surface area contributed by atoms with E-state index in [1.807, 2.05) is 0 Å². The predicted molar refractivity (Wildman–Crippen MR) is 126 cm³/mol. The summed E-state index contributed by atoms with van der Waals surface area (Å²) in [5, 5.41) is 2.69. The first kappa shape index (κ1) is 16.9. The zero-order valence-electron chi connectivity index (χ0n) is 16.9. The lowest BCUT2D eigenvalue weighted by atomic mass is 9.37. The number of allylic oxidation sites excluding steroid dienone is 8. The lowest BCUT2D eigenvalue weighted by molar-refractivity contribution is 0.765. The first-order chi connectivity index (χ1) is 14.2. The van der Waals surface area contributed by atoms with Crippen LogP contribution in [0.3, 0.4) is 0 Å². The molecule has 0 N–H and O–H groups in total. The van der Waals surface area contributed by atoms with Crippen LogP contribution in [0.4, 0.5) is 0 Å². The average Bonchev–Trinajstić information content (AvgIpc) is 3.03. The van der Waals surface area contributed by atoms with Gasteiger partial charge in [-0.25, -0.2) is 0 Å². The van der Waals surface area contributed by atoms with Gasteiger partial charge >= 0.3 is 0 Å². The maximum Gasteiger partial charge on any atom is 0.238 e. The molecule has 0 nitrogen and oxygen atoms in total. The maximum atomic E-state index is 2.46. The summed E-state index contributed by atoms with van der Waals surface area (Å²) in [5.74, 6) is 0.510. The average molecular weight is 370 g/mol. The van der Waals surface area contributed by atoms with Crippen LogP contribution in [0.2, 0.25) is 0 Å². The van der Waals surface area contributed by atoms with Crippen molar-refractivity contribution in [1.29, 1.82) is 0 Å². The number of hydrogen-bond donors (Lipinski definition) is 0. The van der Waals surface area contributed by atoms with Gasteiger partial charge in [0.1, 0.15) is 0 Å². The number of rotatable bonds is 1. The molecule has 1 unspecified atom stereocenters. The number of benzene rings is 3. The van der Waals surface area contributed by atoms with Crippen molar-refractivity contribution in [3.8, 4) is 0 Å². The molecule has 0 bridgehead atoms. The third-order valence-electron chi connectivity index (χ3n) is 6.77. The van der Waals surface area contributed by atoms with Gasteiger partial charge in [-0.2, -0.15) is 0 Å².